The predicted octanol–water partition coefficient (Wildman–Crippen LogP) is 3.21. The Labute approximate surface area is 169 Å². The third-order valence-corrected chi connectivity index (χ3v) is 4.35. The molecule has 0 aliphatic heterocycles. The van der Waals surface area contributed by atoms with Gasteiger partial charge in [-0.1, -0.05) is 36.3 Å². The summed E-state index contributed by atoms with van der Waals surface area (Å²) in [4.78, 5) is 18.8. The molecule has 0 aliphatic carbocycles. The molecule has 0 aliphatic rings. The lowest BCUT2D eigenvalue weighted by Gasteiger charge is -2.18. The van der Waals surface area contributed by atoms with Crippen LogP contribution in [0.1, 0.15) is 12.8 Å². The molecule has 0 atom stereocenters. The molecule has 0 unspecified atom stereocenters. The lowest BCUT2D eigenvalue weighted by molar-refractivity contribution is -0.117. The first kappa shape index (κ1) is 20.3. The van der Waals surface area contributed by atoms with Gasteiger partial charge >= 0.3 is 0 Å². The summed E-state index contributed by atoms with van der Waals surface area (Å²) in [5.74, 6) is 2.10. The molecule has 0 spiro atoms. The highest BCUT2D eigenvalue weighted by molar-refractivity contribution is 5.93. The quantitative estimate of drug-likeness (QED) is 0.594. The Morgan fingerprint density at radius 3 is 2.72 bits per heavy atom. The van der Waals surface area contributed by atoms with Gasteiger partial charge in [0.05, 0.1) is 33.0 Å². The van der Waals surface area contributed by atoms with Crippen molar-refractivity contribution in [2.24, 2.45) is 0 Å². The van der Waals surface area contributed by atoms with Gasteiger partial charge in [0.2, 0.25) is 17.6 Å². The Bertz CT molecular complexity index is 957. The first-order chi connectivity index (χ1) is 14.1. The highest BCUT2D eigenvalue weighted by Gasteiger charge is 2.16. The maximum absolute atomic E-state index is 12.4. The van der Waals surface area contributed by atoms with Gasteiger partial charge in [-0.25, -0.2) is 0 Å². The maximum atomic E-state index is 12.4. The molecule has 1 amide bonds. The number of anilines is 1. The molecule has 3 rings (SSSR count). The molecule has 29 heavy (non-hydrogen) atoms. The normalized spacial score (nSPS) is 10.8. The summed E-state index contributed by atoms with van der Waals surface area (Å²) in [5, 5.41) is 6.90. The Kier molecular flexibility index (Phi) is 6.80. The molecule has 0 fully saturated rings. The zero-order valence-corrected chi connectivity index (χ0v) is 16.7. The van der Waals surface area contributed by atoms with Crippen LogP contribution in [0.25, 0.3) is 11.4 Å². The standard InChI is InChI=1S/C21H24N4O4/c1-4-25(13-19(26)22-17-10-5-6-11-18(17)28-3)14-20-23-21(24-29-20)15-8-7-9-16(12-15)27-2/h5-12H,4,13-14H2,1-3H3,(H,22,26). The highest BCUT2D eigenvalue weighted by atomic mass is 16.5. The van der Waals surface area contributed by atoms with Crippen LogP contribution in [0.3, 0.4) is 0 Å². The molecule has 8 heteroatoms. The number of nitrogens with zero attached hydrogens (tertiary/aromatic N) is 3. The number of amides is 1. The van der Waals surface area contributed by atoms with E-state index in [1.165, 1.54) is 0 Å². The molecule has 0 radical (unpaired) electrons. The van der Waals surface area contributed by atoms with Crippen molar-refractivity contribution in [3.63, 3.8) is 0 Å². The zero-order chi connectivity index (χ0) is 20.6. The number of aromatic nitrogens is 2. The summed E-state index contributed by atoms with van der Waals surface area (Å²) in [6.07, 6.45) is 0. The minimum Gasteiger partial charge on any atom is -0.497 e. The SMILES string of the molecule is CCN(CC(=O)Nc1ccccc1OC)Cc1nc(-c2cccc(OC)c2)no1. The van der Waals surface area contributed by atoms with E-state index >= 15 is 0 Å². The molecule has 152 valence electrons. The van der Waals surface area contributed by atoms with Gasteiger partial charge in [-0.3, -0.25) is 9.69 Å². The smallest absolute Gasteiger partial charge is 0.241 e. The molecule has 0 saturated carbocycles. The van der Waals surface area contributed by atoms with Crippen LogP contribution >= 0.6 is 0 Å². The summed E-state index contributed by atoms with van der Waals surface area (Å²) in [6.45, 7) is 3.17. The summed E-state index contributed by atoms with van der Waals surface area (Å²) in [7, 11) is 3.18. The third-order valence-electron chi connectivity index (χ3n) is 4.35. The topological polar surface area (TPSA) is 89.7 Å². The van der Waals surface area contributed by atoms with Crippen LogP contribution in [0.5, 0.6) is 11.5 Å². The first-order valence-electron chi connectivity index (χ1n) is 9.25. The second-order valence-electron chi connectivity index (χ2n) is 6.30. The molecule has 3 aromatic rings. The number of rotatable bonds is 9. The molecular formula is C21H24N4O4. The molecule has 1 N–H and O–H groups in total. The van der Waals surface area contributed by atoms with E-state index in [-0.39, 0.29) is 12.5 Å². The van der Waals surface area contributed by atoms with E-state index in [9.17, 15) is 4.79 Å². The monoisotopic (exact) mass is 396 g/mol. The highest BCUT2D eigenvalue weighted by Crippen LogP contribution is 2.23. The van der Waals surface area contributed by atoms with E-state index in [1.807, 2.05) is 48.2 Å². The van der Waals surface area contributed by atoms with Crippen molar-refractivity contribution in [2.75, 3.05) is 32.6 Å². The van der Waals surface area contributed by atoms with Gasteiger partial charge in [-0.05, 0) is 30.8 Å². The Balaban J connectivity index is 1.62. The number of para-hydroxylation sites is 2. The van der Waals surface area contributed by atoms with Crippen molar-refractivity contribution in [1.82, 2.24) is 15.0 Å². The van der Waals surface area contributed by atoms with Crippen LogP contribution in [0.4, 0.5) is 5.69 Å². The Hall–Kier alpha value is -3.39. The van der Waals surface area contributed by atoms with Crippen LogP contribution in [0.2, 0.25) is 0 Å². The molecule has 8 nitrogen and oxygen atoms in total. The van der Waals surface area contributed by atoms with E-state index < -0.39 is 0 Å². The maximum Gasteiger partial charge on any atom is 0.241 e. The third kappa shape index (κ3) is 5.32. The fraction of sp³-hybridized carbons (Fsp3) is 0.286. The second kappa shape index (κ2) is 9.70. The van der Waals surface area contributed by atoms with Gasteiger partial charge in [0.1, 0.15) is 11.5 Å². The molecule has 0 bridgehead atoms. The lowest BCUT2D eigenvalue weighted by Crippen LogP contribution is -2.33. The second-order valence-corrected chi connectivity index (χ2v) is 6.30. The predicted molar refractivity (Wildman–Crippen MR) is 109 cm³/mol. The number of carbonyl (C=O) groups is 1. The Morgan fingerprint density at radius 1 is 1.14 bits per heavy atom. The molecule has 2 aromatic carbocycles. The van der Waals surface area contributed by atoms with Crippen LogP contribution in [-0.2, 0) is 11.3 Å². The van der Waals surface area contributed by atoms with Crippen LogP contribution in [-0.4, -0.2) is 48.3 Å². The van der Waals surface area contributed by atoms with Crippen LogP contribution in [0, 0.1) is 0 Å². The molecule has 1 heterocycles. The van der Waals surface area contributed by atoms with E-state index in [1.54, 1.807) is 26.4 Å². The largest absolute Gasteiger partial charge is 0.497 e. The summed E-state index contributed by atoms with van der Waals surface area (Å²) in [5.41, 5.74) is 1.44. The van der Waals surface area contributed by atoms with E-state index in [0.717, 1.165) is 11.3 Å². The fourth-order valence-corrected chi connectivity index (χ4v) is 2.81. The van der Waals surface area contributed by atoms with E-state index in [2.05, 4.69) is 15.5 Å². The van der Waals surface area contributed by atoms with Crippen LogP contribution < -0.4 is 14.8 Å². The lowest BCUT2D eigenvalue weighted by atomic mass is 10.2. The van der Waals surface area contributed by atoms with Gasteiger partial charge in [-0.15, -0.1) is 0 Å². The summed E-state index contributed by atoms with van der Waals surface area (Å²) >= 11 is 0. The number of ether oxygens (including phenoxy) is 2. The minimum atomic E-state index is -0.149. The molecule has 0 saturated heterocycles. The van der Waals surface area contributed by atoms with Gasteiger partial charge < -0.3 is 19.3 Å². The minimum absolute atomic E-state index is 0.149. The average molecular weight is 396 g/mol. The molecule has 1 aromatic heterocycles. The summed E-state index contributed by atoms with van der Waals surface area (Å²) < 4.78 is 15.9. The number of nitrogens with one attached hydrogen (secondary N) is 1. The number of methoxy groups -OCH3 is 2. The van der Waals surface area contributed by atoms with Gasteiger partial charge in [0.25, 0.3) is 0 Å². The number of benzene rings is 2. The van der Waals surface area contributed by atoms with Gasteiger partial charge in [0.15, 0.2) is 0 Å². The van der Waals surface area contributed by atoms with Crippen molar-refractivity contribution < 1.29 is 18.8 Å². The number of hydrogen-bond donors (Lipinski definition) is 1. The zero-order valence-electron chi connectivity index (χ0n) is 16.7. The van der Waals surface area contributed by atoms with Crippen molar-refractivity contribution in [3.05, 3.63) is 54.4 Å². The number of hydrogen-bond acceptors (Lipinski definition) is 7. The first-order valence-corrected chi connectivity index (χ1v) is 9.25. The average Bonchev–Trinajstić information content (AvgIpc) is 3.22. The van der Waals surface area contributed by atoms with Gasteiger partial charge in [0, 0.05) is 5.56 Å². The summed E-state index contributed by atoms with van der Waals surface area (Å²) in [6, 6.07) is 14.7. The van der Waals surface area contributed by atoms with Crippen molar-refractivity contribution in [2.45, 2.75) is 13.5 Å². The van der Waals surface area contributed by atoms with E-state index in [4.69, 9.17) is 14.0 Å². The van der Waals surface area contributed by atoms with Gasteiger partial charge in [-0.2, -0.15) is 4.98 Å². The number of carbonyl (C=O) groups excluding carboxylic acids is 1. The Morgan fingerprint density at radius 2 is 1.97 bits per heavy atom. The number of likely N-dealkylation sites (N-methyl/N-ethyl adjacent to an activating group) is 1. The fourth-order valence-electron chi connectivity index (χ4n) is 2.81. The van der Waals surface area contributed by atoms with Crippen molar-refractivity contribution >= 4 is 11.6 Å². The molecular weight excluding hydrogens is 372 g/mol. The van der Waals surface area contributed by atoms with Crippen LogP contribution in [0.15, 0.2) is 53.1 Å². The van der Waals surface area contributed by atoms with Crippen molar-refractivity contribution in [3.8, 4) is 22.9 Å². The van der Waals surface area contributed by atoms with E-state index in [0.29, 0.717) is 36.2 Å². The van der Waals surface area contributed by atoms with Crippen molar-refractivity contribution in [1.29, 1.82) is 0 Å².